The summed E-state index contributed by atoms with van der Waals surface area (Å²) in [6.45, 7) is 2.54. The molecule has 0 radical (unpaired) electrons. The van der Waals surface area contributed by atoms with Crippen LogP contribution >= 0.6 is 22.7 Å². The van der Waals surface area contributed by atoms with Crippen molar-refractivity contribution in [3.63, 3.8) is 0 Å². The third-order valence-corrected chi connectivity index (χ3v) is 7.60. The minimum Gasteiger partial charge on any atom is -0.337 e. The predicted octanol–water partition coefficient (Wildman–Crippen LogP) is 4.19. The van der Waals surface area contributed by atoms with Gasteiger partial charge in [-0.2, -0.15) is 0 Å². The van der Waals surface area contributed by atoms with E-state index in [0.717, 1.165) is 21.8 Å². The minimum atomic E-state index is -3.63. The molecule has 0 saturated carbocycles. The zero-order valence-electron chi connectivity index (χ0n) is 14.3. The van der Waals surface area contributed by atoms with Crippen molar-refractivity contribution in [2.24, 2.45) is 0 Å². The molecule has 3 aromatic rings. The van der Waals surface area contributed by atoms with Gasteiger partial charge in [0.2, 0.25) is 0 Å². The summed E-state index contributed by atoms with van der Waals surface area (Å²) >= 11 is 2.76. The highest BCUT2D eigenvalue weighted by atomic mass is 32.2. The summed E-state index contributed by atoms with van der Waals surface area (Å²) < 4.78 is 27.4. The molecule has 1 N–H and O–H groups in total. The molecule has 1 amide bonds. The van der Waals surface area contributed by atoms with Gasteiger partial charge in [0.15, 0.2) is 0 Å². The molecule has 0 unspecified atom stereocenters. The average molecular weight is 407 g/mol. The first-order valence-corrected chi connectivity index (χ1v) is 11.1. The van der Waals surface area contributed by atoms with Crippen molar-refractivity contribution < 1.29 is 13.2 Å². The number of sulfonamides is 1. The molecule has 3 rings (SSSR count). The Balaban J connectivity index is 1.76. The molecule has 2 aromatic heterocycles. The molecular weight excluding hydrogens is 388 g/mol. The molecule has 5 nitrogen and oxygen atoms in total. The van der Waals surface area contributed by atoms with Crippen LogP contribution in [0.5, 0.6) is 0 Å². The number of nitrogens with zero attached hydrogens (tertiary/aromatic N) is 1. The molecule has 0 bridgehead atoms. The van der Waals surface area contributed by atoms with Gasteiger partial charge in [0.05, 0.1) is 6.54 Å². The Labute approximate surface area is 161 Å². The van der Waals surface area contributed by atoms with Crippen LogP contribution in [0.4, 0.5) is 5.69 Å². The zero-order valence-corrected chi connectivity index (χ0v) is 16.7. The van der Waals surface area contributed by atoms with Crippen LogP contribution in [0.15, 0.2) is 57.4 Å². The Morgan fingerprint density at radius 1 is 1.12 bits per heavy atom. The van der Waals surface area contributed by atoms with Crippen LogP contribution in [0.2, 0.25) is 0 Å². The number of hydrogen-bond acceptors (Lipinski definition) is 5. The monoisotopic (exact) mass is 406 g/mol. The summed E-state index contributed by atoms with van der Waals surface area (Å²) in [5, 5.41) is 3.71. The number of carbonyl (C=O) groups excluding carboxylic acids is 1. The van der Waals surface area contributed by atoms with E-state index in [2.05, 4.69) is 4.72 Å². The van der Waals surface area contributed by atoms with Gasteiger partial charge in [-0.25, -0.2) is 8.42 Å². The Morgan fingerprint density at radius 3 is 2.58 bits per heavy atom. The van der Waals surface area contributed by atoms with Gasteiger partial charge in [0.25, 0.3) is 15.9 Å². The standard InChI is InChI=1S/C18H18N2O3S3/c1-13-8-10-24-16(13)12-20(2)18(21)14-5-3-6-15(11-14)19-26(22,23)17-7-4-9-25-17/h3-11,19H,12H2,1-2H3. The number of amides is 1. The Hall–Kier alpha value is -2.16. The van der Waals surface area contributed by atoms with Crippen molar-refractivity contribution in [2.45, 2.75) is 17.7 Å². The first kappa shape index (κ1) is 18.6. The molecule has 0 atom stereocenters. The lowest BCUT2D eigenvalue weighted by Crippen LogP contribution is -2.26. The molecule has 0 saturated heterocycles. The molecular formula is C18H18N2O3S3. The molecule has 0 aliphatic heterocycles. The molecule has 0 fully saturated rings. The lowest BCUT2D eigenvalue weighted by atomic mass is 10.1. The maximum atomic E-state index is 12.7. The molecule has 8 heteroatoms. The lowest BCUT2D eigenvalue weighted by molar-refractivity contribution is 0.0786. The van der Waals surface area contributed by atoms with E-state index in [-0.39, 0.29) is 10.1 Å². The predicted molar refractivity (Wildman–Crippen MR) is 106 cm³/mol. The van der Waals surface area contributed by atoms with Gasteiger partial charge >= 0.3 is 0 Å². The van der Waals surface area contributed by atoms with E-state index in [4.69, 9.17) is 0 Å². The number of hydrogen-bond donors (Lipinski definition) is 1. The molecule has 1 aromatic carbocycles. The highest BCUT2D eigenvalue weighted by Gasteiger charge is 2.17. The van der Waals surface area contributed by atoms with Crippen molar-refractivity contribution in [2.75, 3.05) is 11.8 Å². The van der Waals surface area contributed by atoms with Gasteiger partial charge in [-0.1, -0.05) is 12.1 Å². The number of rotatable bonds is 6. The number of anilines is 1. The topological polar surface area (TPSA) is 66.5 Å². The quantitative estimate of drug-likeness (QED) is 0.667. The Kier molecular flexibility index (Phi) is 5.45. The fourth-order valence-corrected chi connectivity index (χ4v) is 5.41. The van der Waals surface area contributed by atoms with Gasteiger partial charge in [0, 0.05) is 23.2 Å². The van der Waals surface area contributed by atoms with Crippen LogP contribution in [-0.4, -0.2) is 26.3 Å². The molecule has 0 aliphatic carbocycles. The van der Waals surface area contributed by atoms with Crippen LogP contribution in [0.25, 0.3) is 0 Å². The van der Waals surface area contributed by atoms with Gasteiger partial charge in [-0.05, 0) is 53.6 Å². The third-order valence-electron chi connectivity index (χ3n) is 3.82. The lowest BCUT2D eigenvalue weighted by Gasteiger charge is -2.17. The van der Waals surface area contributed by atoms with Gasteiger partial charge in [-0.3, -0.25) is 9.52 Å². The molecule has 136 valence electrons. The Morgan fingerprint density at radius 2 is 1.92 bits per heavy atom. The van der Waals surface area contributed by atoms with E-state index in [1.807, 2.05) is 18.4 Å². The highest BCUT2D eigenvalue weighted by molar-refractivity contribution is 7.94. The van der Waals surface area contributed by atoms with E-state index in [1.165, 1.54) is 0 Å². The second-order valence-corrected chi connectivity index (χ2v) is 9.66. The summed E-state index contributed by atoms with van der Waals surface area (Å²) in [4.78, 5) is 15.4. The van der Waals surface area contributed by atoms with Crippen molar-refractivity contribution in [1.82, 2.24) is 4.90 Å². The maximum Gasteiger partial charge on any atom is 0.271 e. The van der Waals surface area contributed by atoms with Crippen molar-refractivity contribution in [3.05, 3.63) is 69.2 Å². The van der Waals surface area contributed by atoms with Crippen molar-refractivity contribution in [3.8, 4) is 0 Å². The largest absolute Gasteiger partial charge is 0.337 e. The minimum absolute atomic E-state index is 0.157. The van der Waals surface area contributed by atoms with Gasteiger partial charge in [-0.15, -0.1) is 22.7 Å². The summed E-state index contributed by atoms with van der Waals surface area (Å²) in [6.07, 6.45) is 0. The van der Waals surface area contributed by atoms with E-state index >= 15 is 0 Å². The fraction of sp³-hybridized carbons (Fsp3) is 0.167. The van der Waals surface area contributed by atoms with Crippen LogP contribution in [0.3, 0.4) is 0 Å². The highest BCUT2D eigenvalue weighted by Crippen LogP contribution is 2.22. The van der Waals surface area contributed by atoms with Gasteiger partial charge in [0.1, 0.15) is 4.21 Å². The van der Waals surface area contributed by atoms with Crippen LogP contribution < -0.4 is 4.72 Å². The SMILES string of the molecule is Cc1ccsc1CN(C)C(=O)c1cccc(NS(=O)(=O)c2cccs2)c1. The maximum absolute atomic E-state index is 12.7. The molecule has 26 heavy (non-hydrogen) atoms. The van der Waals surface area contributed by atoms with Gasteiger partial charge < -0.3 is 4.90 Å². The molecule has 2 heterocycles. The summed E-state index contributed by atoms with van der Waals surface area (Å²) in [5.41, 5.74) is 1.96. The summed E-state index contributed by atoms with van der Waals surface area (Å²) in [7, 11) is -1.89. The number of carbonyl (C=O) groups is 1. The first-order chi connectivity index (χ1) is 12.4. The van der Waals surface area contributed by atoms with Crippen LogP contribution in [-0.2, 0) is 16.6 Å². The number of nitrogens with one attached hydrogen (secondary N) is 1. The third kappa shape index (κ3) is 4.14. The van der Waals surface area contributed by atoms with E-state index in [0.29, 0.717) is 17.8 Å². The second kappa shape index (κ2) is 7.61. The van der Waals surface area contributed by atoms with Crippen molar-refractivity contribution in [1.29, 1.82) is 0 Å². The van der Waals surface area contributed by atoms with Crippen LogP contribution in [0, 0.1) is 6.92 Å². The van der Waals surface area contributed by atoms with E-state index < -0.39 is 10.0 Å². The summed E-state index contributed by atoms with van der Waals surface area (Å²) in [5.74, 6) is -0.157. The normalized spacial score (nSPS) is 11.3. The van der Waals surface area contributed by atoms with Crippen molar-refractivity contribution >= 4 is 44.3 Å². The number of thiophene rings is 2. The second-order valence-electron chi connectivity index (χ2n) is 5.81. The van der Waals surface area contributed by atoms with E-state index in [1.54, 1.807) is 65.1 Å². The average Bonchev–Trinajstić information content (AvgIpc) is 3.27. The molecule has 0 spiro atoms. The zero-order chi connectivity index (χ0) is 18.7. The molecule has 0 aliphatic rings. The fourth-order valence-electron chi connectivity index (χ4n) is 2.41. The number of benzene rings is 1. The Bertz CT molecular complexity index is 1010. The number of aryl methyl sites for hydroxylation is 1. The van der Waals surface area contributed by atoms with E-state index in [9.17, 15) is 13.2 Å². The first-order valence-electron chi connectivity index (χ1n) is 7.81. The summed E-state index contributed by atoms with van der Waals surface area (Å²) in [6, 6.07) is 11.8. The smallest absolute Gasteiger partial charge is 0.271 e. The van der Waals surface area contributed by atoms with Crippen LogP contribution in [0.1, 0.15) is 20.8 Å².